The molecule has 15 atom stereocenters. The molecule has 0 aromatic heterocycles. The summed E-state index contributed by atoms with van der Waals surface area (Å²) >= 11 is 0. The Hall–Kier alpha value is -3.43. The van der Waals surface area contributed by atoms with Crippen molar-refractivity contribution in [1.29, 1.82) is 0 Å². The lowest BCUT2D eigenvalue weighted by Gasteiger charge is -2.41. The number of hydrogen-bond donors (Lipinski definition) is 1. The molecule has 4 aliphatic rings. The van der Waals surface area contributed by atoms with E-state index in [2.05, 4.69) is 0 Å². The third kappa shape index (κ3) is 14.3. The summed E-state index contributed by atoms with van der Waals surface area (Å²) in [6.07, 6.45) is 9.11. The summed E-state index contributed by atoms with van der Waals surface area (Å²) in [5.41, 5.74) is 0.981. The van der Waals surface area contributed by atoms with Gasteiger partial charge in [-0.15, -0.1) is 0 Å². The number of aliphatic hydroxyl groups is 1. The highest BCUT2D eigenvalue weighted by Gasteiger charge is 2.55. The molecule has 1 saturated carbocycles. The topological polar surface area (TPSA) is 155 Å². The molecule has 3 fully saturated rings. The van der Waals surface area contributed by atoms with Crippen molar-refractivity contribution in [3.05, 3.63) is 47.6 Å². The lowest BCUT2D eigenvalue weighted by atomic mass is 9.78. The molecule has 3 heterocycles. The van der Waals surface area contributed by atoms with Gasteiger partial charge in [0.2, 0.25) is 0 Å². The molecule has 12 nitrogen and oxygen atoms in total. The van der Waals surface area contributed by atoms with E-state index in [4.69, 9.17) is 23.7 Å². The number of methoxy groups -OCH3 is 3. The van der Waals surface area contributed by atoms with Crippen LogP contribution in [0.5, 0.6) is 0 Å². The van der Waals surface area contributed by atoms with Gasteiger partial charge in [-0.3, -0.25) is 19.2 Å². The fourth-order valence-electron chi connectivity index (χ4n) is 10.1. The van der Waals surface area contributed by atoms with Gasteiger partial charge in [-0.25, -0.2) is 13.6 Å². The minimum absolute atomic E-state index is 0.0206. The Kier molecular flexibility index (Phi) is 20.9. The second-order valence-corrected chi connectivity index (χ2v) is 19.5. The molecule has 65 heavy (non-hydrogen) atoms. The number of fused-ring (bicyclic) bond motifs is 3. The highest BCUT2D eigenvalue weighted by atomic mass is 19.2. The van der Waals surface area contributed by atoms with Crippen LogP contribution in [0.15, 0.2) is 47.6 Å². The van der Waals surface area contributed by atoms with E-state index in [1.54, 1.807) is 21.0 Å². The fourth-order valence-corrected chi connectivity index (χ4v) is 10.1. The van der Waals surface area contributed by atoms with Crippen LogP contribution in [0.4, 0.5) is 8.78 Å². The van der Waals surface area contributed by atoms with Crippen molar-refractivity contribution >= 4 is 29.2 Å². The van der Waals surface area contributed by atoms with Crippen LogP contribution in [-0.4, -0.2) is 122 Å². The maximum atomic E-state index is 17.0. The number of piperidine rings is 1. The first-order valence-electron chi connectivity index (χ1n) is 23.8. The van der Waals surface area contributed by atoms with Gasteiger partial charge in [-0.1, -0.05) is 71.1 Å². The molecule has 0 radical (unpaired) electrons. The van der Waals surface area contributed by atoms with Gasteiger partial charge in [-0.05, 0) is 107 Å². The van der Waals surface area contributed by atoms with E-state index in [-0.39, 0.29) is 73.2 Å². The Bertz CT molecular complexity index is 1760. The smallest absolute Gasteiger partial charge is 0.329 e. The second-order valence-electron chi connectivity index (χ2n) is 19.5. The molecular formula is C51H77F2NO11. The molecule has 0 aromatic carbocycles. The highest BCUT2D eigenvalue weighted by molar-refractivity contribution is 6.39. The second kappa shape index (κ2) is 25.1. The van der Waals surface area contributed by atoms with Crippen molar-refractivity contribution < 1.29 is 61.5 Å². The number of halogens is 2. The zero-order chi connectivity index (χ0) is 48.2. The maximum absolute atomic E-state index is 17.0. The fraction of sp³-hybridized carbons (Fsp3) is 0.745. The molecule has 2 bridgehead atoms. The van der Waals surface area contributed by atoms with Gasteiger partial charge in [0.25, 0.3) is 17.5 Å². The van der Waals surface area contributed by atoms with Crippen LogP contribution < -0.4 is 0 Å². The molecule has 366 valence electrons. The molecule has 1 aliphatic carbocycles. The number of Topliss-reactive ketones (excluding diaryl/α,β-unsaturated/α-hetero) is 3. The van der Waals surface area contributed by atoms with Gasteiger partial charge in [0.1, 0.15) is 17.9 Å². The summed E-state index contributed by atoms with van der Waals surface area (Å²) in [6, 6.07) is -1.21. The number of alkyl halides is 2. The van der Waals surface area contributed by atoms with Crippen LogP contribution >= 0.6 is 0 Å². The number of allylic oxidation sites excluding steroid dienone is 6. The van der Waals surface area contributed by atoms with Gasteiger partial charge in [0.05, 0.1) is 24.4 Å². The molecular weight excluding hydrogens is 841 g/mol. The normalized spacial score (nSPS) is 40.4. The first kappa shape index (κ1) is 54.2. The first-order valence-corrected chi connectivity index (χ1v) is 23.8. The number of ether oxygens (including phenoxy) is 5. The van der Waals surface area contributed by atoms with Crippen molar-refractivity contribution in [2.75, 3.05) is 27.9 Å². The number of ketones is 3. The number of rotatable bonds is 6. The molecule has 15 unspecified atom stereocenters. The Balaban J connectivity index is 1.70. The predicted molar refractivity (Wildman–Crippen MR) is 243 cm³/mol. The summed E-state index contributed by atoms with van der Waals surface area (Å²) < 4.78 is 62.1. The van der Waals surface area contributed by atoms with Gasteiger partial charge in [0, 0.05) is 58.5 Å². The van der Waals surface area contributed by atoms with Gasteiger partial charge in [-0.2, -0.15) is 0 Å². The number of nitrogens with zero attached hydrogens (tertiary/aromatic N) is 1. The van der Waals surface area contributed by atoms with E-state index in [1.807, 2.05) is 51.2 Å². The number of amides is 1. The van der Waals surface area contributed by atoms with Crippen LogP contribution in [0, 0.1) is 35.5 Å². The number of esters is 1. The average molecular weight is 918 g/mol. The van der Waals surface area contributed by atoms with Gasteiger partial charge >= 0.3 is 5.97 Å². The van der Waals surface area contributed by atoms with Crippen molar-refractivity contribution in [2.45, 2.75) is 180 Å². The van der Waals surface area contributed by atoms with Crippen molar-refractivity contribution in [3.8, 4) is 0 Å². The Morgan fingerprint density at radius 2 is 1.60 bits per heavy atom. The van der Waals surface area contributed by atoms with Crippen molar-refractivity contribution in [1.82, 2.24) is 4.90 Å². The summed E-state index contributed by atoms with van der Waals surface area (Å²) in [5, 5.41) is 10.5. The van der Waals surface area contributed by atoms with Crippen LogP contribution in [0.25, 0.3) is 0 Å². The predicted octanol–water partition coefficient (Wildman–Crippen LogP) is 8.14. The molecule has 14 heteroatoms. The number of carbonyl (C=O) groups is 5. The van der Waals surface area contributed by atoms with E-state index < -0.39 is 84.0 Å². The summed E-state index contributed by atoms with van der Waals surface area (Å²) in [6.45, 7) is 12.2. The number of carbonyl (C=O) groups excluding carboxylic acids is 5. The first-order chi connectivity index (χ1) is 30.7. The van der Waals surface area contributed by atoms with Crippen molar-refractivity contribution in [3.63, 3.8) is 0 Å². The molecule has 0 aromatic rings. The lowest BCUT2D eigenvalue weighted by Crippen LogP contribution is -2.59. The zero-order valence-corrected chi connectivity index (χ0v) is 40.5. The lowest BCUT2D eigenvalue weighted by molar-refractivity contribution is -0.231. The van der Waals surface area contributed by atoms with Crippen LogP contribution in [0.1, 0.15) is 126 Å². The van der Waals surface area contributed by atoms with Gasteiger partial charge in [0.15, 0.2) is 18.1 Å². The minimum Gasteiger partial charge on any atom is -0.460 e. The number of aliphatic hydroxyl groups excluding tert-OH is 1. The minimum atomic E-state index is -2.94. The van der Waals surface area contributed by atoms with Crippen LogP contribution in [0.2, 0.25) is 0 Å². The SMILES string of the molecule is COC1CC2CCC(C)C(F)(O2)C(=O)C(=O)N2CCCCC2C(=O)OC(C(C)CC2CCC(O)C(OC)C2)CC(=O)C(C)/C=C(\C)C(F)C(OC)C(=O)C(C)CC(C)/C=C/C=C/C=C/1C. The number of hydrogen-bond acceptors (Lipinski definition) is 11. The molecule has 1 N–H and O–H groups in total. The third-order valence-electron chi connectivity index (χ3n) is 14.4. The average Bonchev–Trinajstić information content (AvgIpc) is 3.28. The Labute approximate surface area is 385 Å². The molecule has 4 rings (SSSR count). The van der Waals surface area contributed by atoms with E-state index >= 15 is 8.78 Å². The molecule has 0 spiro atoms. The Morgan fingerprint density at radius 3 is 2.28 bits per heavy atom. The standard InChI is InChI=1S/C51H77F2NO11/c1-30-16-12-11-13-17-31(2)42(61-8)28-38-21-19-36(7)51(53,65-38)48(58)49(59)54-23-15-14-18-39(54)50(60)64-43(33(4)26-37-20-22-40(55)44(27-37)62-9)29-41(56)32(3)25-34(5)45(52)47(63-10)46(57)35(6)24-30/h11-13,16-17,25,30,32-33,35-40,42-45,47,55H,14-15,18-24,26-29H2,1-10H3/b13-11+,16-12+,31-17+,34-25+. The van der Waals surface area contributed by atoms with Crippen molar-refractivity contribution in [2.24, 2.45) is 35.5 Å². The monoisotopic (exact) mass is 918 g/mol. The Morgan fingerprint density at radius 1 is 0.877 bits per heavy atom. The maximum Gasteiger partial charge on any atom is 0.329 e. The largest absolute Gasteiger partial charge is 0.460 e. The van der Waals surface area contributed by atoms with E-state index in [9.17, 15) is 29.1 Å². The summed E-state index contributed by atoms with van der Waals surface area (Å²) in [4.78, 5) is 71.3. The molecule has 3 aliphatic heterocycles. The quantitative estimate of drug-likeness (QED) is 0.156. The highest BCUT2D eigenvalue weighted by Crippen LogP contribution is 2.40. The van der Waals surface area contributed by atoms with Crippen LogP contribution in [0.3, 0.4) is 0 Å². The molecule has 2 saturated heterocycles. The molecule has 1 amide bonds. The summed E-state index contributed by atoms with van der Waals surface area (Å²) in [5.74, 6) is -9.64. The van der Waals surface area contributed by atoms with E-state index in [0.29, 0.717) is 51.4 Å². The van der Waals surface area contributed by atoms with E-state index in [1.165, 1.54) is 34.1 Å². The zero-order valence-electron chi connectivity index (χ0n) is 40.5. The van der Waals surface area contributed by atoms with E-state index in [0.717, 1.165) is 10.5 Å². The van der Waals surface area contributed by atoms with Crippen LogP contribution in [-0.2, 0) is 47.7 Å². The third-order valence-corrected chi connectivity index (χ3v) is 14.4. The number of cyclic esters (lactones) is 1. The summed E-state index contributed by atoms with van der Waals surface area (Å²) in [7, 11) is 4.38. The van der Waals surface area contributed by atoms with Gasteiger partial charge < -0.3 is 33.7 Å².